The van der Waals surface area contributed by atoms with Gasteiger partial charge in [0, 0.05) is 11.4 Å². The number of hydrogen-bond donors (Lipinski definition) is 2. The third-order valence-electron chi connectivity index (χ3n) is 3.37. The van der Waals surface area contributed by atoms with Gasteiger partial charge in [0.1, 0.15) is 5.75 Å². The van der Waals surface area contributed by atoms with Crippen LogP contribution in [0.25, 0.3) is 0 Å². The van der Waals surface area contributed by atoms with Crippen LogP contribution in [0.15, 0.2) is 48.5 Å². The van der Waals surface area contributed by atoms with Gasteiger partial charge in [0.15, 0.2) is 0 Å². The van der Waals surface area contributed by atoms with Gasteiger partial charge >= 0.3 is 6.09 Å². The number of carbonyl (C=O) groups is 2. The molecule has 0 saturated heterocycles. The van der Waals surface area contributed by atoms with Gasteiger partial charge in [-0.15, -0.1) is 0 Å². The molecule has 1 aliphatic rings. The Morgan fingerprint density at radius 2 is 1.95 bits per heavy atom. The highest BCUT2D eigenvalue weighted by Gasteiger charge is 2.26. The molecule has 5 heteroatoms. The number of rotatable bonds is 2. The molecule has 0 aliphatic carbocycles. The molecular formula is C16H14N2O3. The van der Waals surface area contributed by atoms with Crippen LogP contribution in [-0.2, 0) is 4.79 Å². The minimum Gasteiger partial charge on any atom is -0.410 e. The highest BCUT2D eigenvalue weighted by molar-refractivity contribution is 6.03. The number of anilines is 2. The van der Waals surface area contributed by atoms with E-state index in [-0.39, 0.29) is 11.8 Å². The van der Waals surface area contributed by atoms with Crippen molar-refractivity contribution in [1.29, 1.82) is 0 Å². The Bertz CT molecular complexity index is 698. The van der Waals surface area contributed by atoms with Gasteiger partial charge in [0.2, 0.25) is 5.91 Å². The lowest BCUT2D eigenvalue weighted by Gasteiger charge is -2.08. The van der Waals surface area contributed by atoms with Gasteiger partial charge in [0.25, 0.3) is 0 Å². The van der Waals surface area contributed by atoms with Crippen molar-refractivity contribution in [3.8, 4) is 5.75 Å². The number of carbonyl (C=O) groups excluding carboxylic acids is 2. The fraction of sp³-hybridized carbons (Fsp3) is 0.125. The van der Waals surface area contributed by atoms with Crippen LogP contribution in [0, 0.1) is 0 Å². The lowest BCUT2D eigenvalue weighted by Crippen LogP contribution is -2.16. The summed E-state index contributed by atoms with van der Waals surface area (Å²) in [5.74, 6) is 0.224. The van der Waals surface area contributed by atoms with E-state index < -0.39 is 6.09 Å². The number of nitrogens with one attached hydrogen (secondary N) is 2. The van der Waals surface area contributed by atoms with E-state index in [1.165, 1.54) is 0 Å². The van der Waals surface area contributed by atoms with Gasteiger partial charge in [0.05, 0.1) is 5.92 Å². The van der Waals surface area contributed by atoms with Crippen molar-refractivity contribution in [2.45, 2.75) is 12.8 Å². The van der Waals surface area contributed by atoms with Gasteiger partial charge < -0.3 is 10.1 Å². The average molecular weight is 282 g/mol. The van der Waals surface area contributed by atoms with Crippen LogP contribution in [0.5, 0.6) is 5.75 Å². The topological polar surface area (TPSA) is 67.4 Å². The maximum atomic E-state index is 11.8. The van der Waals surface area contributed by atoms with Gasteiger partial charge in [-0.3, -0.25) is 10.1 Å². The molecule has 1 heterocycles. The third kappa shape index (κ3) is 2.72. The van der Waals surface area contributed by atoms with E-state index in [9.17, 15) is 9.59 Å². The summed E-state index contributed by atoms with van der Waals surface area (Å²) in [5, 5.41) is 5.44. The van der Waals surface area contributed by atoms with Crippen molar-refractivity contribution >= 4 is 23.4 Å². The second kappa shape index (κ2) is 5.28. The maximum Gasteiger partial charge on any atom is 0.417 e. The second-order valence-corrected chi connectivity index (χ2v) is 4.84. The van der Waals surface area contributed by atoms with Crippen molar-refractivity contribution in [2.75, 3.05) is 10.6 Å². The first-order chi connectivity index (χ1) is 10.1. The van der Waals surface area contributed by atoms with Crippen LogP contribution in [-0.4, -0.2) is 12.0 Å². The van der Waals surface area contributed by atoms with Crippen LogP contribution >= 0.6 is 0 Å². The first-order valence-electron chi connectivity index (χ1n) is 6.62. The molecule has 1 atom stereocenters. The normalized spacial score (nSPS) is 16.0. The second-order valence-electron chi connectivity index (χ2n) is 4.84. The number of fused-ring (bicyclic) bond motifs is 1. The van der Waals surface area contributed by atoms with Crippen molar-refractivity contribution in [3.05, 3.63) is 54.1 Å². The minimum absolute atomic E-state index is 0.0333. The quantitative estimate of drug-likeness (QED) is 0.887. The highest BCUT2D eigenvalue weighted by Crippen LogP contribution is 2.34. The van der Waals surface area contributed by atoms with Crippen LogP contribution in [0.4, 0.5) is 16.2 Å². The SMILES string of the molecule is CC1C(=O)Nc2ccc(NC(=O)Oc3ccccc3)cc21. The molecule has 5 nitrogen and oxygen atoms in total. The van der Waals surface area contributed by atoms with Crippen LogP contribution in [0.2, 0.25) is 0 Å². The predicted octanol–water partition coefficient (Wildman–Crippen LogP) is 3.35. The Hall–Kier alpha value is -2.82. The van der Waals surface area contributed by atoms with E-state index in [0.717, 1.165) is 11.3 Å². The van der Waals surface area contributed by atoms with Gasteiger partial charge in [-0.1, -0.05) is 18.2 Å². The Morgan fingerprint density at radius 1 is 1.19 bits per heavy atom. The molecule has 2 N–H and O–H groups in total. The molecule has 2 aromatic rings. The largest absolute Gasteiger partial charge is 0.417 e. The summed E-state index contributed by atoms with van der Waals surface area (Å²) in [6, 6.07) is 14.1. The average Bonchev–Trinajstić information content (AvgIpc) is 2.75. The molecule has 0 saturated carbocycles. The molecule has 0 aromatic heterocycles. The summed E-state index contributed by atoms with van der Waals surface area (Å²) in [6.45, 7) is 1.83. The number of amides is 2. The number of para-hydroxylation sites is 1. The van der Waals surface area contributed by atoms with Gasteiger partial charge in [-0.25, -0.2) is 4.79 Å². The Morgan fingerprint density at radius 3 is 2.71 bits per heavy atom. The Kier molecular flexibility index (Phi) is 3.31. The first-order valence-corrected chi connectivity index (χ1v) is 6.62. The zero-order valence-electron chi connectivity index (χ0n) is 11.4. The van der Waals surface area contributed by atoms with E-state index >= 15 is 0 Å². The van der Waals surface area contributed by atoms with Crippen molar-refractivity contribution < 1.29 is 14.3 Å². The molecule has 106 valence electrons. The number of ether oxygens (including phenoxy) is 1. The molecular weight excluding hydrogens is 268 g/mol. The fourth-order valence-electron chi connectivity index (χ4n) is 2.23. The van der Waals surface area contributed by atoms with Crippen LogP contribution < -0.4 is 15.4 Å². The molecule has 3 rings (SSSR count). The van der Waals surface area contributed by atoms with Crippen LogP contribution in [0.3, 0.4) is 0 Å². The monoisotopic (exact) mass is 282 g/mol. The molecule has 0 bridgehead atoms. The highest BCUT2D eigenvalue weighted by atomic mass is 16.6. The lowest BCUT2D eigenvalue weighted by atomic mass is 10.0. The van der Waals surface area contributed by atoms with E-state index in [4.69, 9.17) is 4.74 Å². The predicted molar refractivity (Wildman–Crippen MR) is 79.6 cm³/mol. The molecule has 1 aliphatic heterocycles. The van der Waals surface area contributed by atoms with Gasteiger partial charge in [-0.2, -0.15) is 0 Å². The summed E-state index contributed by atoms with van der Waals surface area (Å²) < 4.78 is 5.15. The van der Waals surface area contributed by atoms with E-state index in [1.807, 2.05) is 13.0 Å². The summed E-state index contributed by atoms with van der Waals surface area (Å²) in [5.41, 5.74) is 2.25. The summed E-state index contributed by atoms with van der Waals surface area (Å²) in [6.07, 6.45) is -0.564. The molecule has 2 amide bonds. The molecule has 21 heavy (non-hydrogen) atoms. The summed E-state index contributed by atoms with van der Waals surface area (Å²) in [4.78, 5) is 23.4. The van der Waals surface area contributed by atoms with E-state index in [2.05, 4.69) is 10.6 Å². The van der Waals surface area contributed by atoms with Crippen molar-refractivity contribution in [2.24, 2.45) is 0 Å². The molecule has 2 aromatic carbocycles. The lowest BCUT2D eigenvalue weighted by molar-refractivity contribution is -0.116. The van der Waals surface area contributed by atoms with Crippen molar-refractivity contribution in [1.82, 2.24) is 0 Å². The standard InChI is InChI=1S/C16H14N2O3/c1-10-13-9-11(7-8-14(13)18-15(10)19)17-16(20)21-12-5-3-2-4-6-12/h2-10H,1H3,(H,17,20)(H,18,19). The zero-order valence-corrected chi connectivity index (χ0v) is 11.4. The number of hydrogen-bond acceptors (Lipinski definition) is 3. The number of benzene rings is 2. The molecule has 0 radical (unpaired) electrons. The zero-order chi connectivity index (χ0) is 14.8. The third-order valence-corrected chi connectivity index (χ3v) is 3.37. The fourth-order valence-corrected chi connectivity index (χ4v) is 2.23. The Balaban J connectivity index is 1.72. The summed E-state index contributed by atoms with van der Waals surface area (Å²) >= 11 is 0. The first kappa shape index (κ1) is 13.2. The molecule has 0 fully saturated rings. The van der Waals surface area contributed by atoms with Gasteiger partial charge in [-0.05, 0) is 42.8 Å². The van der Waals surface area contributed by atoms with E-state index in [1.54, 1.807) is 42.5 Å². The smallest absolute Gasteiger partial charge is 0.410 e. The Labute approximate surface area is 121 Å². The minimum atomic E-state index is -0.564. The maximum absolute atomic E-state index is 11.8. The molecule has 0 spiro atoms. The molecule has 1 unspecified atom stereocenters. The van der Waals surface area contributed by atoms with Crippen molar-refractivity contribution in [3.63, 3.8) is 0 Å². The van der Waals surface area contributed by atoms with E-state index in [0.29, 0.717) is 11.4 Å². The summed E-state index contributed by atoms with van der Waals surface area (Å²) in [7, 11) is 0. The van der Waals surface area contributed by atoms with Crippen LogP contribution in [0.1, 0.15) is 18.4 Å².